The van der Waals surface area contributed by atoms with Crippen molar-refractivity contribution in [3.8, 4) is 22.5 Å². The molecule has 0 bridgehead atoms. The molecule has 3 aromatic rings. The highest BCUT2D eigenvalue weighted by molar-refractivity contribution is 5.70. The third-order valence-electron chi connectivity index (χ3n) is 5.25. The minimum Gasteiger partial charge on any atom is -0.356 e. The van der Waals surface area contributed by atoms with Crippen LogP contribution in [0.25, 0.3) is 22.5 Å². The second kappa shape index (κ2) is 8.27. The van der Waals surface area contributed by atoms with Gasteiger partial charge in [0.2, 0.25) is 0 Å². The third kappa shape index (κ3) is 4.02. The Morgan fingerprint density at radius 1 is 1.14 bits per heavy atom. The minimum atomic E-state index is 0.0154. The Bertz CT molecular complexity index is 924. The van der Waals surface area contributed by atoms with E-state index in [0.29, 0.717) is 5.92 Å². The monoisotopic (exact) mass is 375 g/mol. The van der Waals surface area contributed by atoms with Crippen LogP contribution in [-0.4, -0.2) is 21.4 Å². The summed E-state index contributed by atoms with van der Waals surface area (Å²) in [5.74, 6) is 0.575. The van der Waals surface area contributed by atoms with Gasteiger partial charge in [0.1, 0.15) is 0 Å². The highest BCUT2D eigenvalue weighted by atomic mass is 16.5. The van der Waals surface area contributed by atoms with Gasteiger partial charge in [-0.25, -0.2) is 4.68 Å². The van der Waals surface area contributed by atoms with Gasteiger partial charge in [0.15, 0.2) is 6.23 Å². The molecule has 0 radical (unpaired) electrons. The zero-order chi connectivity index (χ0) is 19.5. The predicted molar refractivity (Wildman–Crippen MR) is 113 cm³/mol. The summed E-state index contributed by atoms with van der Waals surface area (Å²) in [7, 11) is 0. The van der Waals surface area contributed by atoms with E-state index in [2.05, 4.69) is 56.3 Å². The Labute approximate surface area is 167 Å². The summed E-state index contributed by atoms with van der Waals surface area (Å²) in [4.78, 5) is 4.85. The molecule has 1 unspecified atom stereocenters. The molecule has 0 amide bonds. The second-order valence-electron chi connectivity index (χ2n) is 8.13. The summed E-state index contributed by atoms with van der Waals surface area (Å²) in [5, 5.41) is 4.73. The van der Waals surface area contributed by atoms with Crippen LogP contribution in [0.5, 0.6) is 0 Å². The van der Waals surface area contributed by atoms with E-state index in [0.717, 1.165) is 43.0 Å². The second-order valence-corrected chi connectivity index (χ2v) is 8.13. The fourth-order valence-corrected chi connectivity index (χ4v) is 3.97. The predicted octanol–water partition coefficient (Wildman–Crippen LogP) is 5.82. The third-order valence-corrected chi connectivity index (χ3v) is 5.25. The first-order valence-corrected chi connectivity index (χ1v) is 10.3. The standard InChI is InChI=1S/C24H29N3O/c1-17(2)13-20-15-22(25-16-21(20)19-9-5-4-6-10-19)23-14-18(3)26-27(23)24-11-7-8-12-28-24/h4-6,9-10,14-17,24H,7-8,11-13H2,1-3H3. The molecule has 146 valence electrons. The average Bonchev–Trinajstić information content (AvgIpc) is 3.11. The van der Waals surface area contributed by atoms with E-state index in [4.69, 9.17) is 14.8 Å². The molecule has 4 nitrogen and oxygen atoms in total. The molecule has 0 spiro atoms. The van der Waals surface area contributed by atoms with Crippen molar-refractivity contribution < 1.29 is 4.74 Å². The Balaban J connectivity index is 1.77. The van der Waals surface area contributed by atoms with Crippen LogP contribution in [-0.2, 0) is 11.2 Å². The van der Waals surface area contributed by atoms with Crippen LogP contribution in [0.1, 0.15) is 50.6 Å². The Kier molecular flexibility index (Phi) is 5.58. The van der Waals surface area contributed by atoms with Crippen molar-refractivity contribution in [2.24, 2.45) is 5.92 Å². The van der Waals surface area contributed by atoms with E-state index in [1.165, 1.54) is 23.1 Å². The van der Waals surface area contributed by atoms with E-state index in [-0.39, 0.29) is 6.23 Å². The largest absolute Gasteiger partial charge is 0.356 e. The van der Waals surface area contributed by atoms with Crippen LogP contribution in [0.4, 0.5) is 0 Å². The lowest BCUT2D eigenvalue weighted by molar-refractivity contribution is -0.0385. The normalized spacial score (nSPS) is 17.2. The number of rotatable bonds is 5. The Hall–Kier alpha value is -2.46. The number of aromatic nitrogens is 3. The molecule has 2 aromatic heterocycles. The molecule has 0 N–H and O–H groups in total. The smallest absolute Gasteiger partial charge is 0.150 e. The Morgan fingerprint density at radius 2 is 1.96 bits per heavy atom. The van der Waals surface area contributed by atoms with Crippen LogP contribution in [0.15, 0.2) is 48.7 Å². The molecule has 1 aliphatic heterocycles. The van der Waals surface area contributed by atoms with Gasteiger partial charge in [-0.05, 0) is 61.8 Å². The van der Waals surface area contributed by atoms with E-state index in [1.54, 1.807) is 0 Å². The van der Waals surface area contributed by atoms with Crippen LogP contribution in [0.3, 0.4) is 0 Å². The molecule has 0 aliphatic carbocycles. The van der Waals surface area contributed by atoms with E-state index in [9.17, 15) is 0 Å². The van der Waals surface area contributed by atoms with Gasteiger partial charge < -0.3 is 4.74 Å². The highest BCUT2D eigenvalue weighted by Gasteiger charge is 2.22. The maximum atomic E-state index is 6.00. The van der Waals surface area contributed by atoms with Crippen LogP contribution in [0.2, 0.25) is 0 Å². The lowest BCUT2D eigenvalue weighted by atomic mass is 9.94. The molecule has 4 heteroatoms. The SMILES string of the molecule is Cc1cc(-c2cc(CC(C)C)c(-c3ccccc3)cn2)n(C2CCCCO2)n1. The summed E-state index contributed by atoms with van der Waals surface area (Å²) in [6.45, 7) is 7.37. The van der Waals surface area contributed by atoms with Crippen molar-refractivity contribution in [1.29, 1.82) is 0 Å². The summed E-state index contributed by atoms with van der Waals surface area (Å²) >= 11 is 0. The van der Waals surface area contributed by atoms with Crippen molar-refractivity contribution in [1.82, 2.24) is 14.8 Å². The molecule has 1 saturated heterocycles. The number of hydrogen-bond acceptors (Lipinski definition) is 3. The molecule has 1 aliphatic rings. The lowest BCUT2D eigenvalue weighted by Crippen LogP contribution is -2.20. The Morgan fingerprint density at radius 3 is 2.68 bits per heavy atom. The van der Waals surface area contributed by atoms with Gasteiger partial charge in [0.05, 0.1) is 17.1 Å². The summed E-state index contributed by atoms with van der Waals surface area (Å²) in [6.07, 6.45) is 6.39. The average molecular weight is 376 g/mol. The molecule has 3 heterocycles. The topological polar surface area (TPSA) is 39.9 Å². The van der Waals surface area contributed by atoms with Crippen molar-refractivity contribution >= 4 is 0 Å². The van der Waals surface area contributed by atoms with E-state index < -0.39 is 0 Å². The first-order valence-electron chi connectivity index (χ1n) is 10.3. The fourth-order valence-electron chi connectivity index (χ4n) is 3.97. The number of aryl methyl sites for hydroxylation is 1. The maximum Gasteiger partial charge on any atom is 0.150 e. The van der Waals surface area contributed by atoms with Gasteiger partial charge in [0.25, 0.3) is 0 Å². The number of ether oxygens (including phenoxy) is 1. The molecule has 1 aromatic carbocycles. The zero-order valence-corrected chi connectivity index (χ0v) is 17.1. The molecule has 4 rings (SSSR count). The van der Waals surface area contributed by atoms with Crippen LogP contribution < -0.4 is 0 Å². The van der Waals surface area contributed by atoms with Gasteiger partial charge in [-0.3, -0.25) is 4.98 Å². The maximum absolute atomic E-state index is 6.00. The summed E-state index contributed by atoms with van der Waals surface area (Å²) < 4.78 is 8.04. The molecular formula is C24H29N3O. The number of nitrogens with zero attached hydrogens (tertiary/aromatic N) is 3. The fraction of sp³-hybridized carbons (Fsp3) is 0.417. The lowest BCUT2D eigenvalue weighted by Gasteiger charge is -2.24. The first kappa shape index (κ1) is 18.9. The zero-order valence-electron chi connectivity index (χ0n) is 17.1. The molecular weight excluding hydrogens is 346 g/mol. The van der Waals surface area contributed by atoms with Crippen molar-refractivity contribution in [2.45, 2.75) is 52.7 Å². The number of benzene rings is 1. The van der Waals surface area contributed by atoms with Gasteiger partial charge in [-0.2, -0.15) is 5.10 Å². The van der Waals surface area contributed by atoms with Gasteiger partial charge in [-0.1, -0.05) is 44.2 Å². The molecule has 28 heavy (non-hydrogen) atoms. The quantitative estimate of drug-likeness (QED) is 0.564. The van der Waals surface area contributed by atoms with Crippen molar-refractivity contribution in [2.75, 3.05) is 6.61 Å². The first-order chi connectivity index (χ1) is 13.6. The van der Waals surface area contributed by atoms with Gasteiger partial charge >= 0.3 is 0 Å². The minimum absolute atomic E-state index is 0.0154. The van der Waals surface area contributed by atoms with E-state index in [1.807, 2.05) is 17.8 Å². The van der Waals surface area contributed by atoms with Crippen LogP contribution in [0, 0.1) is 12.8 Å². The van der Waals surface area contributed by atoms with Gasteiger partial charge in [-0.15, -0.1) is 0 Å². The number of pyridine rings is 1. The molecule has 1 atom stereocenters. The van der Waals surface area contributed by atoms with Gasteiger partial charge in [0, 0.05) is 18.4 Å². The summed E-state index contributed by atoms with van der Waals surface area (Å²) in [6, 6.07) is 14.9. The van der Waals surface area contributed by atoms with Crippen molar-refractivity contribution in [3.63, 3.8) is 0 Å². The molecule has 1 fully saturated rings. The van der Waals surface area contributed by atoms with Crippen molar-refractivity contribution in [3.05, 3.63) is 59.9 Å². The van der Waals surface area contributed by atoms with Crippen LogP contribution >= 0.6 is 0 Å². The highest BCUT2D eigenvalue weighted by Crippen LogP contribution is 2.32. The number of hydrogen-bond donors (Lipinski definition) is 0. The molecule has 0 saturated carbocycles. The summed E-state index contributed by atoms with van der Waals surface area (Å²) in [5.41, 5.74) is 6.80. The van der Waals surface area contributed by atoms with E-state index >= 15 is 0 Å².